The van der Waals surface area contributed by atoms with E-state index in [0.717, 1.165) is 36.5 Å². The van der Waals surface area contributed by atoms with Crippen LogP contribution in [0.1, 0.15) is 30.5 Å². The minimum Gasteiger partial charge on any atom is -0.391 e. The highest BCUT2D eigenvalue weighted by Crippen LogP contribution is 2.27. The van der Waals surface area contributed by atoms with E-state index in [1.807, 2.05) is 17.2 Å². The Kier molecular flexibility index (Phi) is 6.84. The molecular formula is C26H30N8O. The van der Waals surface area contributed by atoms with E-state index < -0.39 is 0 Å². The topological polar surface area (TPSA) is 114 Å². The fourth-order valence-corrected chi connectivity index (χ4v) is 4.76. The Morgan fingerprint density at radius 2 is 1.94 bits per heavy atom. The van der Waals surface area contributed by atoms with E-state index in [9.17, 15) is 10.4 Å². The lowest BCUT2D eigenvalue weighted by molar-refractivity contribution is 0.198. The summed E-state index contributed by atoms with van der Waals surface area (Å²) in [4.78, 5) is 22.4. The predicted molar refractivity (Wildman–Crippen MR) is 134 cm³/mol. The number of pyridine rings is 2. The molecule has 1 atom stereocenters. The Hall–Kier alpha value is -3.61. The van der Waals surface area contributed by atoms with Gasteiger partial charge in [-0.25, -0.2) is 15.0 Å². The molecule has 0 unspecified atom stereocenters. The predicted octanol–water partition coefficient (Wildman–Crippen LogP) is 3.00. The zero-order valence-corrected chi connectivity index (χ0v) is 19.9. The number of aromatic nitrogens is 4. The molecule has 2 aliphatic rings. The van der Waals surface area contributed by atoms with Gasteiger partial charge in [0.25, 0.3) is 0 Å². The molecule has 5 rings (SSSR count). The van der Waals surface area contributed by atoms with Crippen LogP contribution in [0.3, 0.4) is 0 Å². The first-order chi connectivity index (χ1) is 17.1. The van der Waals surface area contributed by atoms with Gasteiger partial charge in [-0.1, -0.05) is 0 Å². The van der Waals surface area contributed by atoms with E-state index in [1.54, 1.807) is 24.5 Å². The Balaban J connectivity index is 1.26. The lowest BCUT2D eigenvalue weighted by Crippen LogP contribution is -2.31. The third-order valence-corrected chi connectivity index (χ3v) is 6.82. The van der Waals surface area contributed by atoms with Crippen LogP contribution in [0.15, 0.2) is 42.9 Å². The zero-order chi connectivity index (χ0) is 24.2. The maximum atomic E-state index is 9.82. The number of hydrogen-bond acceptors (Lipinski definition) is 9. The van der Waals surface area contributed by atoms with Gasteiger partial charge in [-0.2, -0.15) is 5.26 Å². The van der Waals surface area contributed by atoms with Gasteiger partial charge in [0.05, 0.1) is 29.2 Å². The van der Waals surface area contributed by atoms with Gasteiger partial charge in [-0.05, 0) is 76.0 Å². The first kappa shape index (κ1) is 23.1. The molecule has 0 saturated carbocycles. The Morgan fingerprint density at radius 3 is 2.66 bits per heavy atom. The molecule has 0 aliphatic carbocycles. The minimum absolute atomic E-state index is 0.378. The van der Waals surface area contributed by atoms with Crippen molar-refractivity contribution in [1.82, 2.24) is 24.8 Å². The number of aliphatic hydroxyl groups is 1. The SMILES string of the molecule is CN1CCC(Cc2ccc(Nc3nccc(-c4cnc(N5CC[C@H](O)C5)c(C#N)c4)n3)cn2)CC1. The number of hydrogen-bond donors (Lipinski definition) is 2. The second-order valence-corrected chi connectivity index (χ2v) is 9.47. The molecule has 2 fully saturated rings. The lowest BCUT2D eigenvalue weighted by atomic mass is 9.92. The number of anilines is 3. The molecule has 2 aliphatic heterocycles. The third-order valence-electron chi connectivity index (χ3n) is 6.82. The number of piperidine rings is 1. The van der Waals surface area contributed by atoms with Crippen LogP contribution in [0.2, 0.25) is 0 Å². The highest BCUT2D eigenvalue weighted by molar-refractivity contribution is 5.67. The van der Waals surface area contributed by atoms with Gasteiger partial charge in [0, 0.05) is 36.7 Å². The number of nitrogens with zero attached hydrogens (tertiary/aromatic N) is 7. The summed E-state index contributed by atoms with van der Waals surface area (Å²) in [6.07, 6.45) is 9.00. The molecular weight excluding hydrogens is 440 g/mol. The highest BCUT2D eigenvalue weighted by atomic mass is 16.3. The van der Waals surface area contributed by atoms with Crippen LogP contribution >= 0.6 is 0 Å². The molecule has 180 valence electrons. The molecule has 35 heavy (non-hydrogen) atoms. The number of rotatable bonds is 6. The first-order valence-electron chi connectivity index (χ1n) is 12.1. The van der Waals surface area contributed by atoms with Gasteiger partial charge in [0.1, 0.15) is 11.9 Å². The van der Waals surface area contributed by atoms with Crippen molar-refractivity contribution in [1.29, 1.82) is 5.26 Å². The van der Waals surface area contributed by atoms with Crippen LogP contribution in [0, 0.1) is 17.2 Å². The Labute approximate surface area is 205 Å². The molecule has 0 radical (unpaired) electrons. The standard InChI is InChI=1S/C26H30N8O/c1-33-9-5-18(6-10-33)12-21-2-3-22(16-29-21)31-26-28-8-4-24(32-26)20-13-19(14-27)25(30-15-20)34-11-7-23(35)17-34/h2-4,8,13,15-16,18,23,35H,5-7,9-12,17H2,1H3,(H,28,31,32)/t23-/m0/s1. The smallest absolute Gasteiger partial charge is 0.227 e. The lowest BCUT2D eigenvalue weighted by Gasteiger charge is -2.28. The number of likely N-dealkylation sites (tertiary alicyclic amines) is 1. The van der Waals surface area contributed by atoms with Gasteiger partial charge in [0.2, 0.25) is 5.95 Å². The average Bonchev–Trinajstić information content (AvgIpc) is 3.32. The largest absolute Gasteiger partial charge is 0.391 e. The van der Waals surface area contributed by atoms with E-state index in [-0.39, 0.29) is 6.10 Å². The summed E-state index contributed by atoms with van der Waals surface area (Å²) in [6, 6.07) is 9.91. The molecule has 9 heteroatoms. The molecule has 5 heterocycles. The molecule has 0 spiro atoms. The van der Waals surface area contributed by atoms with E-state index >= 15 is 0 Å². The molecule has 3 aromatic heterocycles. The van der Waals surface area contributed by atoms with Crippen molar-refractivity contribution in [3.63, 3.8) is 0 Å². The molecule has 2 saturated heterocycles. The molecule has 0 bridgehead atoms. The Bertz CT molecular complexity index is 1200. The monoisotopic (exact) mass is 470 g/mol. The second kappa shape index (κ2) is 10.3. The van der Waals surface area contributed by atoms with Crippen molar-refractivity contribution in [2.45, 2.75) is 31.8 Å². The Morgan fingerprint density at radius 1 is 1.09 bits per heavy atom. The third kappa shape index (κ3) is 5.56. The molecule has 3 aromatic rings. The van der Waals surface area contributed by atoms with Crippen LogP contribution in [-0.2, 0) is 6.42 Å². The molecule has 0 aromatic carbocycles. The van der Waals surface area contributed by atoms with Crippen molar-refractivity contribution in [2.75, 3.05) is 43.4 Å². The highest BCUT2D eigenvalue weighted by Gasteiger charge is 2.24. The van der Waals surface area contributed by atoms with Gasteiger partial charge in [-0.15, -0.1) is 0 Å². The molecule has 9 nitrogen and oxygen atoms in total. The van der Waals surface area contributed by atoms with Crippen molar-refractivity contribution in [3.05, 3.63) is 54.1 Å². The number of nitrogens with one attached hydrogen (secondary N) is 1. The fourth-order valence-electron chi connectivity index (χ4n) is 4.76. The summed E-state index contributed by atoms with van der Waals surface area (Å²) in [5.74, 6) is 1.76. The summed E-state index contributed by atoms with van der Waals surface area (Å²) < 4.78 is 0. The van der Waals surface area contributed by atoms with Crippen molar-refractivity contribution >= 4 is 17.5 Å². The van der Waals surface area contributed by atoms with Gasteiger partial charge < -0.3 is 20.2 Å². The normalized spacial score (nSPS) is 19.0. The number of aliphatic hydroxyl groups excluding tert-OH is 1. The van der Waals surface area contributed by atoms with E-state index in [2.05, 4.69) is 49.3 Å². The summed E-state index contributed by atoms with van der Waals surface area (Å²) in [7, 11) is 2.18. The van der Waals surface area contributed by atoms with Crippen molar-refractivity contribution in [3.8, 4) is 17.3 Å². The van der Waals surface area contributed by atoms with E-state index in [1.165, 1.54) is 12.8 Å². The second-order valence-electron chi connectivity index (χ2n) is 9.47. The fraction of sp³-hybridized carbons (Fsp3) is 0.423. The zero-order valence-electron chi connectivity index (χ0n) is 19.9. The van der Waals surface area contributed by atoms with Gasteiger partial charge in [-0.3, -0.25) is 4.98 Å². The maximum Gasteiger partial charge on any atom is 0.227 e. The summed E-state index contributed by atoms with van der Waals surface area (Å²) >= 11 is 0. The van der Waals surface area contributed by atoms with Crippen molar-refractivity contribution < 1.29 is 5.11 Å². The van der Waals surface area contributed by atoms with Crippen LogP contribution in [0.25, 0.3) is 11.3 Å². The van der Waals surface area contributed by atoms with E-state index in [4.69, 9.17) is 0 Å². The first-order valence-corrected chi connectivity index (χ1v) is 12.1. The van der Waals surface area contributed by atoms with Crippen LogP contribution in [0.5, 0.6) is 0 Å². The van der Waals surface area contributed by atoms with Crippen molar-refractivity contribution in [2.24, 2.45) is 5.92 Å². The summed E-state index contributed by atoms with van der Waals surface area (Å²) in [5, 5.41) is 22.7. The van der Waals surface area contributed by atoms with Gasteiger partial charge >= 0.3 is 0 Å². The van der Waals surface area contributed by atoms with Crippen LogP contribution in [-0.4, -0.2) is 69.3 Å². The maximum absolute atomic E-state index is 9.82. The number of nitriles is 1. The number of β-amino-alcohol motifs (C(OH)–C–C–N with tert-alkyl or cyclic N) is 1. The molecule has 0 amide bonds. The molecule has 2 N–H and O–H groups in total. The van der Waals surface area contributed by atoms with E-state index in [0.29, 0.717) is 48.5 Å². The quantitative estimate of drug-likeness (QED) is 0.561. The average molecular weight is 471 g/mol. The summed E-state index contributed by atoms with van der Waals surface area (Å²) in [5.41, 5.74) is 3.82. The van der Waals surface area contributed by atoms with Crippen LogP contribution in [0.4, 0.5) is 17.5 Å². The van der Waals surface area contributed by atoms with Crippen LogP contribution < -0.4 is 10.2 Å². The minimum atomic E-state index is -0.378. The summed E-state index contributed by atoms with van der Waals surface area (Å²) in [6.45, 7) is 3.50. The van der Waals surface area contributed by atoms with Gasteiger partial charge in [0.15, 0.2) is 0 Å².